The Bertz CT molecular complexity index is 1100. The number of hydrogen-bond acceptors (Lipinski definition) is 5. The van der Waals surface area contributed by atoms with Gasteiger partial charge >= 0.3 is 0 Å². The van der Waals surface area contributed by atoms with E-state index >= 15 is 0 Å². The van der Waals surface area contributed by atoms with Gasteiger partial charge in [-0.3, -0.25) is 4.79 Å². The average molecular weight is 385 g/mol. The van der Waals surface area contributed by atoms with Crippen LogP contribution >= 0.6 is 0 Å². The number of imidazole rings is 1. The lowest BCUT2D eigenvalue weighted by atomic mass is 10.1. The Morgan fingerprint density at radius 3 is 2.52 bits per heavy atom. The second-order valence-corrected chi connectivity index (χ2v) is 8.71. The van der Waals surface area contributed by atoms with Crippen LogP contribution in [-0.4, -0.2) is 56.9 Å². The van der Waals surface area contributed by atoms with Crippen LogP contribution in [0.4, 0.5) is 0 Å². The smallest absolute Gasteiger partial charge is 0.257 e. The van der Waals surface area contributed by atoms with Crippen molar-refractivity contribution in [1.82, 2.24) is 24.2 Å². The van der Waals surface area contributed by atoms with Crippen LogP contribution in [0.25, 0.3) is 5.69 Å². The van der Waals surface area contributed by atoms with Crippen LogP contribution in [0.15, 0.2) is 54.1 Å². The molecular formula is C18H19N5O3S. The Labute approximate surface area is 157 Å². The number of sulfone groups is 1. The van der Waals surface area contributed by atoms with Crippen molar-refractivity contribution >= 4 is 15.7 Å². The number of aryl methyl sites for hydroxylation is 1. The molecule has 0 bridgehead atoms. The largest absolute Gasteiger partial charge is 0.336 e. The van der Waals surface area contributed by atoms with Gasteiger partial charge < -0.3 is 9.47 Å². The Morgan fingerprint density at radius 2 is 1.89 bits per heavy atom. The number of nitrogens with zero attached hydrogens (tertiary/aromatic N) is 5. The molecule has 9 heteroatoms. The number of rotatable bonds is 4. The third kappa shape index (κ3) is 2.84. The van der Waals surface area contributed by atoms with E-state index in [9.17, 15) is 13.2 Å². The Kier molecular flexibility index (Phi) is 4.11. The lowest BCUT2D eigenvalue weighted by molar-refractivity contribution is 0.0657. The standard InChI is InChI=1S/C18H19N5O3S/c1-13-16(10-20-23(13)14-6-4-3-5-7-14)17(24)22-11-15(12-22)27(25,26)18-19-8-9-21(18)2/h3-10,15H,11-12H2,1-2H3. The van der Waals surface area contributed by atoms with Crippen LogP contribution in [0.2, 0.25) is 0 Å². The van der Waals surface area contributed by atoms with Crippen LogP contribution in [0.1, 0.15) is 16.1 Å². The topological polar surface area (TPSA) is 90.1 Å². The fourth-order valence-electron chi connectivity index (χ4n) is 3.19. The van der Waals surface area contributed by atoms with E-state index in [1.165, 1.54) is 21.9 Å². The van der Waals surface area contributed by atoms with Crippen LogP contribution in [0.3, 0.4) is 0 Å². The average Bonchev–Trinajstić information content (AvgIpc) is 3.20. The molecule has 1 aliphatic heterocycles. The van der Waals surface area contributed by atoms with Gasteiger partial charge in [0.2, 0.25) is 15.0 Å². The van der Waals surface area contributed by atoms with E-state index in [0.717, 1.165) is 11.4 Å². The Balaban J connectivity index is 1.50. The number of carbonyl (C=O) groups is 1. The maximum atomic E-state index is 12.8. The van der Waals surface area contributed by atoms with Crippen LogP contribution in [-0.2, 0) is 16.9 Å². The second kappa shape index (κ2) is 6.34. The zero-order valence-corrected chi connectivity index (χ0v) is 15.8. The van der Waals surface area contributed by atoms with E-state index in [4.69, 9.17) is 0 Å². The van der Waals surface area contributed by atoms with E-state index in [1.807, 2.05) is 37.3 Å². The van der Waals surface area contributed by atoms with Gasteiger partial charge in [0.15, 0.2) is 0 Å². The first-order valence-electron chi connectivity index (χ1n) is 8.50. The zero-order chi connectivity index (χ0) is 19.2. The number of benzene rings is 1. The number of hydrogen-bond donors (Lipinski definition) is 0. The molecule has 2 aromatic heterocycles. The van der Waals surface area contributed by atoms with Gasteiger partial charge in [-0.25, -0.2) is 18.1 Å². The number of likely N-dealkylation sites (tertiary alicyclic amines) is 1. The van der Waals surface area contributed by atoms with Gasteiger partial charge in [0.1, 0.15) is 5.25 Å². The normalized spacial score (nSPS) is 15.0. The molecule has 140 valence electrons. The van der Waals surface area contributed by atoms with E-state index in [1.54, 1.807) is 17.9 Å². The summed E-state index contributed by atoms with van der Waals surface area (Å²) in [5.41, 5.74) is 2.07. The third-order valence-corrected chi connectivity index (χ3v) is 6.92. The lowest BCUT2D eigenvalue weighted by Crippen LogP contribution is -2.57. The first-order chi connectivity index (χ1) is 12.9. The SMILES string of the molecule is Cc1c(C(=O)N2CC(S(=O)(=O)c3nccn3C)C2)cnn1-c1ccccc1. The van der Waals surface area contributed by atoms with Crippen LogP contribution in [0.5, 0.6) is 0 Å². The molecule has 1 aromatic carbocycles. The highest BCUT2D eigenvalue weighted by Crippen LogP contribution is 2.25. The third-order valence-electron chi connectivity index (χ3n) is 4.85. The van der Waals surface area contributed by atoms with Crippen molar-refractivity contribution in [2.24, 2.45) is 7.05 Å². The van der Waals surface area contributed by atoms with Crippen molar-refractivity contribution in [1.29, 1.82) is 0 Å². The molecule has 0 unspecified atom stereocenters. The fraction of sp³-hybridized carbons (Fsp3) is 0.278. The zero-order valence-electron chi connectivity index (χ0n) is 15.0. The number of para-hydroxylation sites is 1. The van der Waals surface area contributed by atoms with Crippen molar-refractivity contribution in [2.45, 2.75) is 17.3 Å². The first-order valence-corrected chi connectivity index (χ1v) is 10.0. The minimum absolute atomic E-state index is 0.0349. The minimum Gasteiger partial charge on any atom is -0.336 e. The molecular weight excluding hydrogens is 366 g/mol. The Morgan fingerprint density at radius 1 is 1.19 bits per heavy atom. The van der Waals surface area contributed by atoms with Crippen LogP contribution in [0, 0.1) is 6.92 Å². The maximum absolute atomic E-state index is 12.8. The summed E-state index contributed by atoms with van der Waals surface area (Å²) >= 11 is 0. The first kappa shape index (κ1) is 17.5. The van der Waals surface area contributed by atoms with E-state index in [2.05, 4.69) is 10.1 Å². The van der Waals surface area contributed by atoms with E-state index in [0.29, 0.717) is 5.56 Å². The van der Waals surface area contributed by atoms with E-state index in [-0.39, 0.29) is 24.2 Å². The van der Waals surface area contributed by atoms with Crippen molar-refractivity contribution < 1.29 is 13.2 Å². The summed E-state index contributed by atoms with van der Waals surface area (Å²) in [6.07, 6.45) is 4.58. The predicted octanol–water partition coefficient (Wildman–Crippen LogP) is 1.21. The van der Waals surface area contributed by atoms with Gasteiger partial charge in [0.25, 0.3) is 5.91 Å². The summed E-state index contributed by atoms with van der Waals surface area (Å²) in [4.78, 5) is 18.2. The molecule has 8 nitrogen and oxygen atoms in total. The number of amides is 1. The van der Waals surface area contributed by atoms with Gasteiger partial charge in [-0.2, -0.15) is 5.10 Å². The summed E-state index contributed by atoms with van der Waals surface area (Å²) in [5, 5.41) is 3.71. The molecule has 0 radical (unpaired) electrons. The molecule has 0 atom stereocenters. The minimum atomic E-state index is -3.55. The molecule has 1 saturated heterocycles. The van der Waals surface area contributed by atoms with Crippen molar-refractivity contribution in [2.75, 3.05) is 13.1 Å². The highest BCUT2D eigenvalue weighted by atomic mass is 32.2. The van der Waals surface area contributed by atoms with Gasteiger partial charge in [0, 0.05) is 32.5 Å². The van der Waals surface area contributed by atoms with Crippen LogP contribution < -0.4 is 0 Å². The number of carbonyl (C=O) groups excluding carboxylic acids is 1. The fourth-order valence-corrected chi connectivity index (χ4v) is 4.92. The summed E-state index contributed by atoms with van der Waals surface area (Å²) in [6, 6.07) is 9.54. The Hall–Kier alpha value is -2.94. The van der Waals surface area contributed by atoms with Crippen molar-refractivity contribution in [3.63, 3.8) is 0 Å². The molecule has 3 aromatic rings. The highest BCUT2D eigenvalue weighted by molar-refractivity contribution is 7.92. The van der Waals surface area contributed by atoms with Gasteiger partial charge in [-0.15, -0.1) is 0 Å². The monoisotopic (exact) mass is 385 g/mol. The molecule has 1 aliphatic rings. The molecule has 1 amide bonds. The predicted molar refractivity (Wildman–Crippen MR) is 98.4 cm³/mol. The maximum Gasteiger partial charge on any atom is 0.257 e. The molecule has 0 aliphatic carbocycles. The van der Waals surface area contributed by atoms with E-state index < -0.39 is 15.1 Å². The highest BCUT2D eigenvalue weighted by Gasteiger charge is 2.43. The summed E-state index contributed by atoms with van der Waals surface area (Å²) in [5.74, 6) is -0.207. The summed E-state index contributed by atoms with van der Waals surface area (Å²) in [6.45, 7) is 2.14. The summed E-state index contributed by atoms with van der Waals surface area (Å²) < 4.78 is 28.4. The molecule has 27 heavy (non-hydrogen) atoms. The van der Waals surface area contributed by atoms with Crippen molar-refractivity contribution in [3.8, 4) is 5.69 Å². The quantitative estimate of drug-likeness (QED) is 0.673. The van der Waals surface area contributed by atoms with Gasteiger partial charge in [0.05, 0.1) is 23.1 Å². The summed E-state index contributed by atoms with van der Waals surface area (Å²) in [7, 11) is -1.91. The van der Waals surface area contributed by atoms with Gasteiger partial charge in [-0.05, 0) is 19.1 Å². The lowest BCUT2D eigenvalue weighted by Gasteiger charge is -2.38. The molecule has 0 saturated carbocycles. The van der Waals surface area contributed by atoms with Gasteiger partial charge in [-0.1, -0.05) is 18.2 Å². The molecule has 0 N–H and O–H groups in total. The molecule has 4 rings (SSSR count). The second-order valence-electron chi connectivity index (χ2n) is 6.59. The molecule has 0 spiro atoms. The number of aromatic nitrogens is 4. The van der Waals surface area contributed by atoms with Crippen molar-refractivity contribution in [3.05, 3.63) is 60.2 Å². The molecule has 3 heterocycles. The molecule has 1 fully saturated rings.